The number of nitrogens with zero attached hydrogens (tertiary/aromatic N) is 4. The highest BCUT2D eigenvalue weighted by molar-refractivity contribution is 5.82. The largest absolute Gasteiger partial charge is 0.340 e. The quantitative estimate of drug-likeness (QED) is 0.770. The van der Waals surface area contributed by atoms with E-state index < -0.39 is 0 Å². The smallest absolute Gasteiger partial charge is 0.239 e. The first-order valence-electron chi connectivity index (χ1n) is 10.5. The molecular formula is C22H34N4O2. The summed E-state index contributed by atoms with van der Waals surface area (Å²) in [5, 5.41) is 0. The van der Waals surface area contributed by atoms with Crippen molar-refractivity contribution in [2.45, 2.75) is 33.4 Å². The van der Waals surface area contributed by atoms with Gasteiger partial charge in [0.15, 0.2) is 0 Å². The summed E-state index contributed by atoms with van der Waals surface area (Å²) < 4.78 is 0. The van der Waals surface area contributed by atoms with Crippen molar-refractivity contribution in [1.29, 1.82) is 0 Å². The van der Waals surface area contributed by atoms with Crippen LogP contribution < -0.4 is 0 Å². The Morgan fingerprint density at radius 2 is 1.32 bits per heavy atom. The third kappa shape index (κ3) is 5.11. The minimum Gasteiger partial charge on any atom is -0.340 e. The van der Waals surface area contributed by atoms with E-state index >= 15 is 0 Å². The number of hydrogen-bond acceptors (Lipinski definition) is 4. The number of amides is 2. The van der Waals surface area contributed by atoms with Crippen LogP contribution in [0.5, 0.6) is 0 Å². The minimum absolute atomic E-state index is 0.0396. The average Bonchev–Trinajstić information content (AvgIpc) is 2.73. The summed E-state index contributed by atoms with van der Waals surface area (Å²) in [4.78, 5) is 33.7. The van der Waals surface area contributed by atoms with Gasteiger partial charge in [0.2, 0.25) is 11.8 Å². The van der Waals surface area contributed by atoms with Gasteiger partial charge >= 0.3 is 0 Å². The summed E-state index contributed by atoms with van der Waals surface area (Å²) in [6.07, 6.45) is 0. The fraction of sp³-hybridized carbons (Fsp3) is 0.636. The van der Waals surface area contributed by atoms with Crippen molar-refractivity contribution in [2.24, 2.45) is 5.92 Å². The first-order valence-corrected chi connectivity index (χ1v) is 10.5. The first-order chi connectivity index (χ1) is 13.5. The van der Waals surface area contributed by atoms with Gasteiger partial charge in [-0.05, 0) is 12.5 Å². The van der Waals surface area contributed by atoms with Crippen molar-refractivity contribution < 1.29 is 9.59 Å². The van der Waals surface area contributed by atoms with E-state index in [1.807, 2.05) is 36.6 Å². The van der Waals surface area contributed by atoms with Crippen LogP contribution in [0.1, 0.15) is 26.3 Å². The highest BCUT2D eigenvalue weighted by atomic mass is 16.2. The van der Waals surface area contributed by atoms with E-state index in [0.717, 1.165) is 58.9 Å². The van der Waals surface area contributed by atoms with E-state index in [1.54, 1.807) is 0 Å². The monoisotopic (exact) mass is 386 g/mol. The van der Waals surface area contributed by atoms with Crippen LogP contribution in [0.25, 0.3) is 0 Å². The van der Waals surface area contributed by atoms with Crippen molar-refractivity contribution in [3.63, 3.8) is 0 Å². The number of hydrogen-bond donors (Lipinski definition) is 0. The average molecular weight is 387 g/mol. The van der Waals surface area contributed by atoms with Crippen LogP contribution in [0.3, 0.4) is 0 Å². The summed E-state index contributed by atoms with van der Waals surface area (Å²) in [7, 11) is 0. The first kappa shape index (κ1) is 20.8. The molecule has 2 aliphatic rings. The molecule has 1 aromatic rings. The van der Waals surface area contributed by atoms with E-state index in [9.17, 15) is 9.59 Å². The zero-order valence-corrected chi connectivity index (χ0v) is 17.5. The lowest BCUT2D eigenvalue weighted by Crippen LogP contribution is -2.58. The Morgan fingerprint density at radius 1 is 0.786 bits per heavy atom. The molecule has 0 aromatic heterocycles. The summed E-state index contributed by atoms with van der Waals surface area (Å²) in [5.74, 6) is 0.481. The standard InChI is InChI=1S/C22H34N4O2/c1-18(2)21(27)25-15-13-24(14-16-25)19(3)22(28)26-11-9-23(10-12-26)17-20-7-5-4-6-8-20/h4-8,18-19H,9-17H2,1-3H3. The maximum Gasteiger partial charge on any atom is 0.239 e. The summed E-state index contributed by atoms with van der Waals surface area (Å²) in [6, 6.07) is 10.4. The molecule has 2 amide bonds. The van der Waals surface area contributed by atoms with Gasteiger partial charge in [-0.25, -0.2) is 0 Å². The van der Waals surface area contributed by atoms with E-state index in [4.69, 9.17) is 0 Å². The van der Waals surface area contributed by atoms with Crippen LogP contribution in [-0.2, 0) is 16.1 Å². The van der Waals surface area contributed by atoms with Gasteiger partial charge in [0.1, 0.15) is 0 Å². The van der Waals surface area contributed by atoms with Crippen LogP contribution in [-0.4, -0.2) is 89.8 Å². The van der Waals surface area contributed by atoms with Gasteiger partial charge in [0, 0.05) is 64.8 Å². The molecule has 6 heteroatoms. The predicted molar refractivity (Wildman–Crippen MR) is 111 cm³/mol. The van der Waals surface area contributed by atoms with Gasteiger partial charge in [0.05, 0.1) is 6.04 Å². The molecule has 2 saturated heterocycles. The topological polar surface area (TPSA) is 47.1 Å². The predicted octanol–water partition coefficient (Wildman–Crippen LogP) is 1.52. The van der Waals surface area contributed by atoms with Crippen LogP contribution in [0.15, 0.2) is 30.3 Å². The van der Waals surface area contributed by atoms with Crippen LogP contribution in [0, 0.1) is 5.92 Å². The maximum absolute atomic E-state index is 13.0. The molecule has 154 valence electrons. The van der Waals surface area contributed by atoms with E-state index in [-0.39, 0.29) is 23.8 Å². The Hall–Kier alpha value is -1.92. The minimum atomic E-state index is -0.114. The van der Waals surface area contributed by atoms with Gasteiger partial charge in [-0.3, -0.25) is 19.4 Å². The lowest BCUT2D eigenvalue weighted by Gasteiger charge is -2.41. The van der Waals surface area contributed by atoms with Crippen molar-refractivity contribution in [3.8, 4) is 0 Å². The molecule has 0 saturated carbocycles. The van der Waals surface area contributed by atoms with Gasteiger partial charge < -0.3 is 9.80 Å². The molecule has 0 N–H and O–H groups in total. The zero-order valence-electron chi connectivity index (χ0n) is 17.5. The molecule has 0 radical (unpaired) electrons. The Balaban J connectivity index is 1.44. The molecule has 6 nitrogen and oxygen atoms in total. The third-order valence-electron chi connectivity index (χ3n) is 5.96. The second-order valence-corrected chi connectivity index (χ2v) is 8.28. The molecule has 1 unspecified atom stereocenters. The normalized spacial score (nSPS) is 20.4. The highest BCUT2D eigenvalue weighted by Gasteiger charge is 2.31. The fourth-order valence-electron chi connectivity index (χ4n) is 4.08. The van der Waals surface area contributed by atoms with Crippen molar-refractivity contribution in [2.75, 3.05) is 52.4 Å². The highest BCUT2D eigenvalue weighted by Crippen LogP contribution is 2.14. The number of carbonyl (C=O) groups is 2. The van der Waals surface area contributed by atoms with Gasteiger partial charge in [0.25, 0.3) is 0 Å². The number of benzene rings is 1. The van der Waals surface area contributed by atoms with E-state index in [0.29, 0.717) is 0 Å². The molecule has 0 aliphatic carbocycles. The maximum atomic E-state index is 13.0. The molecule has 1 aromatic carbocycles. The zero-order chi connectivity index (χ0) is 20.1. The number of piperazine rings is 2. The number of carbonyl (C=O) groups excluding carboxylic acids is 2. The molecule has 3 rings (SSSR count). The SMILES string of the molecule is CC(C)C(=O)N1CCN(C(C)C(=O)N2CCN(Cc3ccccc3)CC2)CC1. The fourth-order valence-corrected chi connectivity index (χ4v) is 4.08. The summed E-state index contributed by atoms with van der Waals surface area (Å²) in [6.45, 7) is 13.3. The lowest BCUT2D eigenvalue weighted by atomic mass is 10.1. The Labute approximate surface area is 169 Å². The molecular weight excluding hydrogens is 352 g/mol. The second kappa shape index (κ2) is 9.52. The van der Waals surface area contributed by atoms with E-state index in [1.165, 1.54) is 5.56 Å². The van der Waals surface area contributed by atoms with Crippen LogP contribution in [0.2, 0.25) is 0 Å². The van der Waals surface area contributed by atoms with Crippen molar-refractivity contribution >= 4 is 11.8 Å². The lowest BCUT2D eigenvalue weighted by molar-refractivity contribution is -0.141. The van der Waals surface area contributed by atoms with Gasteiger partial charge in [-0.1, -0.05) is 44.2 Å². The van der Waals surface area contributed by atoms with Gasteiger partial charge in [-0.2, -0.15) is 0 Å². The Kier molecular flexibility index (Phi) is 7.08. The molecule has 28 heavy (non-hydrogen) atoms. The Bertz CT molecular complexity index is 648. The second-order valence-electron chi connectivity index (χ2n) is 8.28. The summed E-state index contributed by atoms with van der Waals surface area (Å²) >= 11 is 0. The third-order valence-corrected chi connectivity index (χ3v) is 5.96. The molecule has 0 spiro atoms. The van der Waals surface area contributed by atoms with Crippen molar-refractivity contribution in [3.05, 3.63) is 35.9 Å². The molecule has 1 atom stereocenters. The summed E-state index contributed by atoms with van der Waals surface area (Å²) in [5.41, 5.74) is 1.32. The molecule has 2 fully saturated rings. The molecule has 2 aliphatic heterocycles. The number of rotatable bonds is 5. The van der Waals surface area contributed by atoms with Crippen LogP contribution in [0.4, 0.5) is 0 Å². The molecule has 0 bridgehead atoms. The van der Waals surface area contributed by atoms with E-state index in [2.05, 4.69) is 34.1 Å². The Morgan fingerprint density at radius 3 is 1.89 bits per heavy atom. The van der Waals surface area contributed by atoms with Crippen molar-refractivity contribution in [1.82, 2.24) is 19.6 Å². The van der Waals surface area contributed by atoms with Gasteiger partial charge in [-0.15, -0.1) is 0 Å². The van der Waals surface area contributed by atoms with Crippen LogP contribution >= 0.6 is 0 Å². The molecule has 2 heterocycles.